The molecule has 0 aliphatic heterocycles. The average Bonchev–Trinajstić information content (AvgIpc) is 2.55. The maximum atomic E-state index is 13.2. The molecule has 0 amide bonds. The molecule has 24 heavy (non-hydrogen) atoms. The molecule has 0 spiro atoms. The van der Waals surface area contributed by atoms with E-state index in [9.17, 15) is 4.39 Å². The smallest absolute Gasteiger partial charge is 0.123 e. The largest absolute Gasteiger partial charge is 0.494 e. The Morgan fingerprint density at radius 3 is 2.88 bits per heavy atom. The van der Waals surface area contributed by atoms with Crippen molar-refractivity contribution in [1.29, 1.82) is 0 Å². The SMILES string of the molecule is CCOc1ccc2nc(C)cc(NN=Cc3cccc(F)c3)c2c1. The van der Waals surface area contributed by atoms with E-state index < -0.39 is 0 Å². The lowest BCUT2D eigenvalue weighted by Gasteiger charge is -2.09. The maximum Gasteiger partial charge on any atom is 0.123 e. The Balaban J connectivity index is 1.91. The molecule has 3 rings (SSSR count). The highest BCUT2D eigenvalue weighted by molar-refractivity contribution is 5.93. The van der Waals surface area contributed by atoms with Crippen LogP contribution in [-0.4, -0.2) is 17.8 Å². The molecule has 0 saturated carbocycles. The van der Waals surface area contributed by atoms with Crippen molar-refractivity contribution < 1.29 is 9.13 Å². The molecule has 0 unspecified atom stereocenters. The fourth-order valence-corrected chi connectivity index (χ4v) is 2.45. The summed E-state index contributed by atoms with van der Waals surface area (Å²) in [5.74, 6) is 0.498. The standard InChI is InChI=1S/C19H18FN3O/c1-3-24-16-7-8-18-17(11-16)19(9-13(2)22-18)23-21-12-14-5-4-6-15(20)10-14/h4-12H,3H2,1-2H3,(H,22,23). The van der Waals surface area contributed by atoms with Crippen molar-refractivity contribution in [3.05, 3.63) is 65.6 Å². The number of rotatable bonds is 5. The van der Waals surface area contributed by atoms with E-state index in [4.69, 9.17) is 4.74 Å². The van der Waals surface area contributed by atoms with Gasteiger partial charge < -0.3 is 4.74 Å². The van der Waals surface area contributed by atoms with Gasteiger partial charge in [-0.2, -0.15) is 5.10 Å². The Hall–Kier alpha value is -2.95. The first-order valence-electron chi connectivity index (χ1n) is 7.74. The summed E-state index contributed by atoms with van der Waals surface area (Å²) in [7, 11) is 0. The zero-order valence-corrected chi connectivity index (χ0v) is 13.6. The van der Waals surface area contributed by atoms with Crippen LogP contribution in [0.15, 0.2) is 53.6 Å². The van der Waals surface area contributed by atoms with E-state index in [1.807, 2.05) is 38.1 Å². The number of hydrazone groups is 1. The fraction of sp³-hybridized carbons (Fsp3) is 0.158. The van der Waals surface area contributed by atoms with Gasteiger partial charge in [0.25, 0.3) is 0 Å². The van der Waals surface area contributed by atoms with E-state index in [1.54, 1.807) is 18.3 Å². The first-order valence-corrected chi connectivity index (χ1v) is 7.74. The summed E-state index contributed by atoms with van der Waals surface area (Å²) < 4.78 is 18.7. The number of hydrogen-bond acceptors (Lipinski definition) is 4. The number of pyridine rings is 1. The molecule has 3 aromatic rings. The molecular formula is C19H18FN3O. The lowest BCUT2D eigenvalue weighted by atomic mass is 10.1. The van der Waals surface area contributed by atoms with Gasteiger partial charge in [0.15, 0.2) is 0 Å². The van der Waals surface area contributed by atoms with Crippen LogP contribution in [-0.2, 0) is 0 Å². The third-order valence-corrected chi connectivity index (χ3v) is 3.47. The minimum absolute atomic E-state index is 0.287. The van der Waals surface area contributed by atoms with Gasteiger partial charge >= 0.3 is 0 Å². The summed E-state index contributed by atoms with van der Waals surface area (Å²) in [6.45, 7) is 4.47. The van der Waals surface area contributed by atoms with Gasteiger partial charge in [0.2, 0.25) is 0 Å². The van der Waals surface area contributed by atoms with Crippen LogP contribution in [0.4, 0.5) is 10.1 Å². The first-order chi connectivity index (χ1) is 11.7. The van der Waals surface area contributed by atoms with Gasteiger partial charge in [-0.25, -0.2) is 4.39 Å². The summed E-state index contributed by atoms with van der Waals surface area (Å²) in [5, 5.41) is 5.13. The number of benzene rings is 2. The van der Waals surface area contributed by atoms with E-state index in [0.29, 0.717) is 12.2 Å². The topological polar surface area (TPSA) is 46.5 Å². The predicted molar refractivity (Wildman–Crippen MR) is 95.3 cm³/mol. The number of halogens is 1. The lowest BCUT2D eigenvalue weighted by molar-refractivity contribution is 0.340. The Morgan fingerprint density at radius 1 is 1.21 bits per heavy atom. The third kappa shape index (κ3) is 3.68. The van der Waals surface area contributed by atoms with Crippen molar-refractivity contribution in [1.82, 2.24) is 4.98 Å². The van der Waals surface area contributed by atoms with Gasteiger partial charge in [0.1, 0.15) is 11.6 Å². The summed E-state index contributed by atoms with van der Waals surface area (Å²) in [5.41, 5.74) is 6.28. The van der Waals surface area contributed by atoms with Crippen LogP contribution in [0.1, 0.15) is 18.2 Å². The van der Waals surface area contributed by atoms with Gasteiger partial charge in [-0.05, 0) is 55.8 Å². The van der Waals surface area contributed by atoms with Gasteiger partial charge in [-0.1, -0.05) is 12.1 Å². The molecule has 0 saturated heterocycles. The van der Waals surface area contributed by atoms with Crippen molar-refractivity contribution in [2.75, 3.05) is 12.0 Å². The van der Waals surface area contributed by atoms with Crippen molar-refractivity contribution in [3.8, 4) is 5.75 Å². The lowest BCUT2D eigenvalue weighted by Crippen LogP contribution is -1.96. The third-order valence-electron chi connectivity index (χ3n) is 3.47. The first kappa shape index (κ1) is 15.9. The van der Waals surface area contributed by atoms with Crippen LogP contribution in [0.25, 0.3) is 10.9 Å². The molecule has 1 aromatic heterocycles. The number of aromatic nitrogens is 1. The molecule has 4 nitrogen and oxygen atoms in total. The molecule has 2 aromatic carbocycles. The van der Waals surface area contributed by atoms with Crippen molar-refractivity contribution >= 4 is 22.8 Å². The fourth-order valence-electron chi connectivity index (χ4n) is 2.45. The zero-order valence-electron chi connectivity index (χ0n) is 13.6. The number of anilines is 1. The molecule has 1 heterocycles. The van der Waals surface area contributed by atoms with Gasteiger partial charge in [-0.3, -0.25) is 10.4 Å². The molecule has 0 aliphatic rings. The molecule has 122 valence electrons. The van der Waals surface area contributed by atoms with Crippen LogP contribution < -0.4 is 10.2 Å². The quantitative estimate of drug-likeness (QED) is 0.554. The highest BCUT2D eigenvalue weighted by Crippen LogP contribution is 2.27. The zero-order chi connectivity index (χ0) is 16.9. The Kier molecular flexibility index (Phi) is 4.70. The molecule has 0 radical (unpaired) electrons. The highest BCUT2D eigenvalue weighted by atomic mass is 19.1. The van der Waals surface area contributed by atoms with E-state index in [0.717, 1.165) is 28.0 Å². The van der Waals surface area contributed by atoms with Crippen LogP contribution in [0.2, 0.25) is 0 Å². The van der Waals surface area contributed by atoms with E-state index in [1.165, 1.54) is 12.1 Å². The minimum atomic E-state index is -0.287. The van der Waals surface area contributed by atoms with Gasteiger partial charge in [0.05, 0.1) is 24.0 Å². The second-order valence-electron chi connectivity index (χ2n) is 5.35. The van der Waals surface area contributed by atoms with Crippen molar-refractivity contribution in [2.24, 2.45) is 5.10 Å². The second-order valence-corrected chi connectivity index (χ2v) is 5.35. The molecule has 1 N–H and O–H groups in total. The average molecular weight is 323 g/mol. The number of hydrogen-bond donors (Lipinski definition) is 1. The normalized spacial score (nSPS) is 11.1. The summed E-state index contributed by atoms with van der Waals surface area (Å²) in [4.78, 5) is 4.52. The molecule has 5 heteroatoms. The minimum Gasteiger partial charge on any atom is -0.494 e. The summed E-state index contributed by atoms with van der Waals surface area (Å²) in [6, 6.07) is 13.9. The Bertz CT molecular complexity index is 893. The number of nitrogens with one attached hydrogen (secondary N) is 1. The van der Waals surface area contributed by atoms with Crippen LogP contribution in [0.5, 0.6) is 5.75 Å². The molecular weight excluding hydrogens is 305 g/mol. The second kappa shape index (κ2) is 7.08. The van der Waals surface area contributed by atoms with Crippen LogP contribution >= 0.6 is 0 Å². The van der Waals surface area contributed by atoms with Crippen LogP contribution in [0.3, 0.4) is 0 Å². The number of fused-ring (bicyclic) bond motifs is 1. The number of aryl methyl sites for hydroxylation is 1. The summed E-state index contributed by atoms with van der Waals surface area (Å²) in [6.07, 6.45) is 1.58. The Labute approximate surface area is 140 Å². The molecule has 0 atom stereocenters. The highest BCUT2D eigenvalue weighted by Gasteiger charge is 2.05. The monoisotopic (exact) mass is 323 g/mol. The van der Waals surface area contributed by atoms with E-state index in [-0.39, 0.29) is 5.82 Å². The number of ether oxygens (including phenoxy) is 1. The van der Waals surface area contributed by atoms with Crippen molar-refractivity contribution in [3.63, 3.8) is 0 Å². The van der Waals surface area contributed by atoms with Gasteiger partial charge in [-0.15, -0.1) is 0 Å². The molecule has 0 fully saturated rings. The maximum absolute atomic E-state index is 13.2. The molecule has 0 bridgehead atoms. The Morgan fingerprint density at radius 2 is 2.08 bits per heavy atom. The van der Waals surface area contributed by atoms with E-state index in [2.05, 4.69) is 15.5 Å². The van der Waals surface area contributed by atoms with Crippen molar-refractivity contribution in [2.45, 2.75) is 13.8 Å². The van der Waals surface area contributed by atoms with Crippen LogP contribution in [0, 0.1) is 12.7 Å². The molecule has 0 aliphatic carbocycles. The summed E-state index contributed by atoms with van der Waals surface area (Å²) >= 11 is 0. The van der Waals surface area contributed by atoms with Gasteiger partial charge in [0, 0.05) is 11.1 Å². The van der Waals surface area contributed by atoms with E-state index >= 15 is 0 Å². The predicted octanol–water partition coefficient (Wildman–Crippen LogP) is 4.53. The number of nitrogens with zero attached hydrogens (tertiary/aromatic N) is 2.